The molecule has 0 saturated heterocycles. The van der Waals surface area contributed by atoms with Gasteiger partial charge < -0.3 is 5.11 Å². The average Bonchev–Trinajstić information content (AvgIpc) is 2.67. The first kappa shape index (κ1) is 13.2. The van der Waals surface area contributed by atoms with E-state index in [0.29, 0.717) is 5.56 Å². The molecule has 1 aliphatic rings. The van der Waals surface area contributed by atoms with E-state index in [4.69, 9.17) is 0 Å². The first-order valence-corrected chi connectivity index (χ1v) is 6.43. The number of benzene rings is 1. The van der Waals surface area contributed by atoms with Crippen LogP contribution in [0.3, 0.4) is 0 Å². The van der Waals surface area contributed by atoms with E-state index in [1.807, 2.05) is 0 Å². The third-order valence-electron chi connectivity index (χ3n) is 3.43. The van der Waals surface area contributed by atoms with E-state index in [9.17, 15) is 13.9 Å². The Balaban J connectivity index is 2.12. The van der Waals surface area contributed by atoms with Crippen molar-refractivity contribution in [1.29, 1.82) is 0 Å². The molecule has 1 aromatic carbocycles. The Hall–Kier alpha value is -1.22. The number of rotatable bonds is 3. The van der Waals surface area contributed by atoms with E-state index < -0.39 is 12.5 Å². The summed E-state index contributed by atoms with van der Waals surface area (Å²) in [5.41, 5.74) is 1.73. The molecule has 3 heteroatoms. The average molecular weight is 252 g/mol. The fourth-order valence-electron chi connectivity index (χ4n) is 2.33. The van der Waals surface area contributed by atoms with Crippen LogP contribution in [0, 0.1) is 0 Å². The lowest BCUT2D eigenvalue weighted by Crippen LogP contribution is -2.01. The normalized spacial score (nSPS) is 18.3. The molecule has 1 unspecified atom stereocenters. The highest BCUT2D eigenvalue weighted by atomic mass is 19.3. The van der Waals surface area contributed by atoms with E-state index >= 15 is 0 Å². The summed E-state index contributed by atoms with van der Waals surface area (Å²) in [5.74, 6) is 0. The Morgan fingerprint density at radius 1 is 0.944 bits per heavy atom. The Morgan fingerprint density at radius 3 is 2.28 bits per heavy atom. The Kier molecular flexibility index (Phi) is 4.48. The standard InChI is InChI=1S/C15H18F2O/c16-15(17)13-9-7-12(8-10-13)14(18)11-5-3-1-2-4-6-11/h5,7-10,14-15,18H,1-4,6H2. The van der Waals surface area contributed by atoms with Crippen molar-refractivity contribution >= 4 is 0 Å². The molecular formula is C15H18F2O. The van der Waals surface area contributed by atoms with Gasteiger partial charge >= 0.3 is 0 Å². The minimum absolute atomic E-state index is 0.000737. The molecule has 0 aliphatic heterocycles. The number of halogens is 2. The number of hydrogen-bond acceptors (Lipinski definition) is 1. The van der Waals surface area contributed by atoms with Gasteiger partial charge in [0.1, 0.15) is 6.10 Å². The third-order valence-corrected chi connectivity index (χ3v) is 3.43. The summed E-state index contributed by atoms with van der Waals surface area (Å²) in [6.07, 6.45) is 4.36. The molecule has 0 radical (unpaired) electrons. The van der Waals surface area contributed by atoms with E-state index in [0.717, 1.165) is 24.8 Å². The molecule has 0 bridgehead atoms. The summed E-state index contributed by atoms with van der Waals surface area (Å²) in [6.45, 7) is 0. The van der Waals surface area contributed by atoms with Crippen molar-refractivity contribution in [1.82, 2.24) is 0 Å². The molecule has 1 N–H and O–H groups in total. The first-order chi connectivity index (χ1) is 8.68. The SMILES string of the molecule is OC(C1=CCCCCC1)c1ccc(C(F)F)cc1. The largest absolute Gasteiger partial charge is 0.384 e. The van der Waals surface area contributed by atoms with Crippen molar-refractivity contribution in [3.05, 3.63) is 47.0 Å². The van der Waals surface area contributed by atoms with Crippen LogP contribution >= 0.6 is 0 Å². The molecule has 0 spiro atoms. The number of allylic oxidation sites excluding steroid dienone is 1. The van der Waals surface area contributed by atoms with Crippen LogP contribution in [0.15, 0.2) is 35.9 Å². The molecule has 2 rings (SSSR count). The lowest BCUT2D eigenvalue weighted by atomic mass is 9.97. The maximum atomic E-state index is 12.4. The number of alkyl halides is 2. The van der Waals surface area contributed by atoms with E-state index in [1.54, 1.807) is 12.1 Å². The van der Waals surface area contributed by atoms with E-state index in [-0.39, 0.29) is 5.56 Å². The second-order valence-corrected chi connectivity index (χ2v) is 4.75. The Bertz CT molecular complexity index is 409. The van der Waals surface area contributed by atoms with Crippen LogP contribution in [0.2, 0.25) is 0 Å². The van der Waals surface area contributed by atoms with Crippen LogP contribution in [-0.2, 0) is 0 Å². The van der Waals surface area contributed by atoms with Gasteiger partial charge in [0.25, 0.3) is 6.43 Å². The summed E-state index contributed by atoms with van der Waals surface area (Å²) in [7, 11) is 0. The van der Waals surface area contributed by atoms with Crippen LogP contribution in [0.5, 0.6) is 0 Å². The predicted molar refractivity (Wildman–Crippen MR) is 67.5 cm³/mol. The number of aliphatic hydroxyl groups is 1. The molecule has 0 heterocycles. The monoisotopic (exact) mass is 252 g/mol. The van der Waals surface area contributed by atoms with Crippen molar-refractivity contribution in [2.45, 2.75) is 44.6 Å². The van der Waals surface area contributed by atoms with Crippen LogP contribution in [0.4, 0.5) is 8.78 Å². The topological polar surface area (TPSA) is 20.2 Å². The number of hydrogen-bond donors (Lipinski definition) is 1. The predicted octanol–water partition coefficient (Wildman–Crippen LogP) is 4.55. The molecule has 1 aromatic rings. The van der Waals surface area contributed by atoms with Gasteiger partial charge in [-0.15, -0.1) is 0 Å². The van der Waals surface area contributed by atoms with Crippen LogP contribution in [0.1, 0.15) is 55.8 Å². The highest BCUT2D eigenvalue weighted by Crippen LogP contribution is 2.30. The van der Waals surface area contributed by atoms with Crippen LogP contribution in [-0.4, -0.2) is 5.11 Å². The smallest absolute Gasteiger partial charge is 0.263 e. The molecule has 0 fully saturated rings. The van der Waals surface area contributed by atoms with Crippen LogP contribution < -0.4 is 0 Å². The maximum absolute atomic E-state index is 12.4. The van der Waals surface area contributed by atoms with E-state index in [1.165, 1.54) is 25.0 Å². The van der Waals surface area contributed by atoms with Crippen molar-refractivity contribution < 1.29 is 13.9 Å². The molecule has 1 aliphatic carbocycles. The van der Waals surface area contributed by atoms with Gasteiger partial charge in [-0.3, -0.25) is 0 Å². The fraction of sp³-hybridized carbons (Fsp3) is 0.467. The molecule has 0 aromatic heterocycles. The molecular weight excluding hydrogens is 234 g/mol. The van der Waals surface area contributed by atoms with Gasteiger partial charge in [-0.2, -0.15) is 0 Å². The molecule has 0 amide bonds. The van der Waals surface area contributed by atoms with Crippen molar-refractivity contribution in [3.63, 3.8) is 0 Å². The van der Waals surface area contributed by atoms with Crippen molar-refractivity contribution in [2.75, 3.05) is 0 Å². The molecule has 1 nitrogen and oxygen atoms in total. The summed E-state index contributed by atoms with van der Waals surface area (Å²) in [6, 6.07) is 5.97. The van der Waals surface area contributed by atoms with Gasteiger partial charge in [0.05, 0.1) is 0 Å². The lowest BCUT2D eigenvalue weighted by Gasteiger charge is -2.15. The van der Waals surface area contributed by atoms with Gasteiger partial charge in [-0.1, -0.05) is 36.8 Å². The van der Waals surface area contributed by atoms with Crippen LogP contribution in [0.25, 0.3) is 0 Å². The van der Waals surface area contributed by atoms with E-state index in [2.05, 4.69) is 6.08 Å². The molecule has 0 saturated carbocycles. The zero-order chi connectivity index (χ0) is 13.0. The number of aliphatic hydroxyl groups excluding tert-OH is 1. The summed E-state index contributed by atoms with van der Waals surface area (Å²) in [4.78, 5) is 0. The lowest BCUT2D eigenvalue weighted by molar-refractivity contribution is 0.151. The van der Waals surface area contributed by atoms with Crippen molar-refractivity contribution in [3.8, 4) is 0 Å². The molecule has 18 heavy (non-hydrogen) atoms. The summed E-state index contributed by atoms with van der Waals surface area (Å²) >= 11 is 0. The van der Waals surface area contributed by atoms with Gasteiger partial charge in [-0.25, -0.2) is 8.78 Å². The zero-order valence-electron chi connectivity index (χ0n) is 10.3. The third kappa shape index (κ3) is 3.16. The molecule has 98 valence electrons. The zero-order valence-corrected chi connectivity index (χ0v) is 10.3. The van der Waals surface area contributed by atoms with Gasteiger partial charge in [0, 0.05) is 5.56 Å². The highest BCUT2D eigenvalue weighted by molar-refractivity contribution is 5.30. The maximum Gasteiger partial charge on any atom is 0.263 e. The molecule has 1 atom stereocenters. The summed E-state index contributed by atoms with van der Waals surface area (Å²) < 4.78 is 24.9. The van der Waals surface area contributed by atoms with Gasteiger partial charge in [-0.05, 0) is 36.8 Å². The van der Waals surface area contributed by atoms with Crippen molar-refractivity contribution in [2.24, 2.45) is 0 Å². The van der Waals surface area contributed by atoms with Gasteiger partial charge in [0.2, 0.25) is 0 Å². The minimum atomic E-state index is -2.45. The van der Waals surface area contributed by atoms with Gasteiger partial charge in [0.15, 0.2) is 0 Å². The Labute approximate surface area is 106 Å². The minimum Gasteiger partial charge on any atom is -0.384 e. The highest BCUT2D eigenvalue weighted by Gasteiger charge is 2.15. The first-order valence-electron chi connectivity index (χ1n) is 6.43. The second-order valence-electron chi connectivity index (χ2n) is 4.75. The fourth-order valence-corrected chi connectivity index (χ4v) is 2.33. The second kappa shape index (κ2) is 6.10. The quantitative estimate of drug-likeness (QED) is 0.782. The Morgan fingerprint density at radius 2 is 1.61 bits per heavy atom. The summed E-state index contributed by atoms with van der Waals surface area (Å²) in [5, 5.41) is 10.2.